The van der Waals surface area contributed by atoms with Crippen LogP contribution >= 0.6 is 0 Å². The van der Waals surface area contributed by atoms with Crippen molar-refractivity contribution in [2.75, 3.05) is 0 Å². The molecule has 0 atom stereocenters. The van der Waals surface area contributed by atoms with E-state index in [-0.39, 0.29) is 0 Å². The zero-order valence-corrected chi connectivity index (χ0v) is 29.7. The fourth-order valence-electron chi connectivity index (χ4n) is 9.82. The minimum atomic E-state index is 0.907. The van der Waals surface area contributed by atoms with Gasteiger partial charge in [0.05, 0.1) is 0 Å². The Balaban J connectivity index is 1.24. The molecule has 0 N–H and O–H groups in total. The van der Waals surface area contributed by atoms with Crippen molar-refractivity contribution >= 4 is 108 Å². The molecule has 1 nitrogen and oxygen atoms in total. The van der Waals surface area contributed by atoms with Crippen LogP contribution in [-0.4, -0.2) is 0 Å². The second kappa shape index (κ2) is 10.7. The van der Waals surface area contributed by atoms with Crippen molar-refractivity contribution in [2.45, 2.75) is 0 Å². The van der Waals surface area contributed by atoms with Crippen molar-refractivity contribution in [2.24, 2.45) is 0 Å². The third-order valence-electron chi connectivity index (χ3n) is 12.3. The molecule has 13 rings (SSSR count). The maximum atomic E-state index is 7.03. The van der Waals surface area contributed by atoms with Crippen molar-refractivity contribution in [1.82, 2.24) is 0 Å². The summed E-state index contributed by atoms with van der Waals surface area (Å²) in [5.74, 6) is 0. The van der Waals surface area contributed by atoms with Crippen LogP contribution in [0.3, 0.4) is 0 Å². The third kappa shape index (κ3) is 4.02. The summed E-state index contributed by atoms with van der Waals surface area (Å²) in [7, 11) is 0. The van der Waals surface area contributed by atoms with E-state index in [0.29, 0.717) is 0 Å². The van der Waals surface area contributed by atoms with E-state index < -0.39 is 0 Å². The van der Waals surface area contributed by atoms with Gasteiger partial charge in [-0.1, -0.05) is 152 Å². The summed E-state index contributed by atoms with van der Waals surface area (Å²) in [4.78, 5) is 0. The summed E-state index contributed by atoms with van der Waals surface area (Å²) < 4.78 is 7.03. The third-order valence-corrected chi connectivity index (χ3v) is 12.3. The Kier molecular flexibility index (Phi) is 5.69. The highest BCUT2D eigenvalue weighted by Crippen LogP contribution is 2.48. The molecule has 0 aliphatic rings. The summed E-state index contributed by atoms with van der Waals surface area (Å²) in [6.45, 7) is 0. The monoisotopic (exact) mass is 694 g/mol. The van der Waals surface area contributed by atoms with Crippen LogP contribution in [0.25, 0.3) is 130 Å². The molecule has 55 heavy (non-hydrogen) atoms. The molecule has 1 heteroatoms. The Morgan fingerprint density at radius 2 is 0.855 bits per heavy atom. The van der Waals surface area contributed by atoms with Gasteiger partial charge in [0.1, 0.15) is 11.2 Å². The molecule has 0 aliphatic carbocycles. The van der Waals surface area contributed by atoms with Crippen LogP contribution in [0.5, 0.6) is 0 Å². The lowest BCUT2D eigenvalue weighted by Gasteiger charge is -2.18. The van der Waals surface area contributed by atoms with Crippen LogP contribution in [0, 0.1) is 0 Å². The SMILES string of the molecule is c1ccc2cc3c(cc2c1)oc1c(-c2ccc4ccc5cccc6ccc2c4c56)cc(-c2c4ccc5ccccc5c4cc4ccc5ccccc5c24)cc13. The number of hydrogen-bond donors (Lipinski definition) is 0. The van der Waals surface area contributed by atoms with Crippen molar-refractivity contribution in [3.05, 3.63) is 182 Å². The molecule has 13 aromatic rings. The van der Waals surface area contributed by atoms with Gasteiger partial charge in [-0.05, 0) is 133 Å². The zero-order chi connectivity index (χ0) is 35.8. The average molecular weight is 695 g/mol. The Morgan fingerprint density at radius 3 is 1.69 bits per heavy atom. The Labute approximate surface area is 315 Å². The number of rotatable bonds is 2. The minimum Gasteiger partial charge on any atom is -0.455 e. The van der Waals surface area contributed by atoms with E-state index in [2.05, 4.69) is 182 Å². The molecule has 0 radical (unpaired) electrons. The molecule has 0 unspecified atom stereocenters. The second-order valence-electron chi connectivity index (χ2n) is 15.2. The normalized spacial score (nSPS) is 12.4. The average Bonchev–Trinajstić information content (AvgIpc) is 3.60. The Hall–Kier alpha value is -7.22. The van der Waals surface area contributed by atoms with E-state index in [1.807, 2.05) is 0 Å². The molecule has 1 heterocycles. The lowest BCUT2D eigenvalue weighted by Crippen LogP contribution is -1.91. The van der Waals surface area contributed by atoms with E-state index in [4.69, 9.17) is 4.42 Å². The number of benzene rings is 12. The molecule has 1 aromatic heterocycles. The summed E-state index contributed by atoms with van der Waals surface area (Å²) in [5, 5.41) is 22.4. The maximum Gasteiger partial charge on any atom is 0.143 e. The van der Waals surface area contributed by atoms with E-state index in [9.17, 15) is 0 Å². The molecule has 0 fully saturated rings. The number of furan rings is 1. The van der Waals surface area contributed by atoms with Crippen LogP contribution < -0.4 is 0 Å². The first-order valence-electron chi connectivity index (χ1n) is 19.1. The van der Waals surface area contributed by atoms with Gasteiger partial charge in [0.2, 0.25) is 0 Å². The van der Waals surface area contributed by atoms with Gasteiger partial charge in [0, 0.05) is 16.3 Å². The topological polar surface area (TPSA) is 13.1 Å². The Morgan fingerprint density at radius 1 is 0.273 bits per heavy atom. The quantitative estimate of drug-likeness (QED) is 0.130. The van der Waals surface area contributed by atoms with Crippen LogP contribution in [0.4, 0.5) is 0 Å². The van der Waals surface area contributed by atoms with Gasteiger partial charge in [0.15, 0.2) is 0 Å². The van der Waals surface area contributed by atoms with Crippen LogP contribution in [0.2, 0.25) is 0 Å². The molecular weight excluding hydrogens is 665 g/mol. The molecule has 0 saturated heterocycles. The predicted octanol–water partition coefficient (Wildman–Crippen LogP) is 15.6. The summed E-state index contributed by atoms with van der Waals surface area (Å²) in [6, 6.07) is 67.5. The van der Waals surface area contributed by atoms with Crippen LogP contribution in [0.1, 0.15) is 0 Å². The van der Waals surface area contributed by atoms with Crippen molar-refractivity contribution in [3.8, 4) is 22.3 Å². The van der Waals surface area contributed by atoms with Gasteiger partial charge in [-0.25, -0.2) is 0 Å². The van der Waals surface area contributed by atoms with Crippen molar-refractivity contribution in [1.29, 1.82) is 0 Å². The van der Waals surface area contributed by atoms with Crippen molar-refractivity contribution in [3.63, 3.8) is 0 Å². The highest BCUT2D eigenvalue weighted by atomic mass is 16.3. The Bertz CT molecular complexity index is 3750. The molecule has 252 valence electrons. The first-order chi connectivity index (χ1) is 27.2. The summed E-state index contributed by atoms with van der Waals surface area (Å²) >= 11 is 0. The maximum absolute atomic E-state index is 7.03. The molecule has 12 aromatic carbocycles. The van der Waals surface area contributed by atoms with Gasteiger partial charge in [-0.3, -0.25) is 0 Å². The van der Waals surface area contributed by atoms with Crippen LogP contribution in [-0.2, 0) is 0 Å². The van der Waals surface area contributed by atoms with Gasteiger partial charge >= 0.3 is 0 Å². The van der Waals surface area contributed by atoms with Crippen molar-refractivity contribution < 1.29 is 4.42 Å². The van der Waals surface area contributed by atoms with Gasteiger partial charge < -0.3 is 4.42 Å². The fraction of sp³-hybridized carbons (Fsp3) is 0. The minimum absolute atomic E-state index is 0.907. The lowest BCUT2D eigenvalue weighted by atomic mass is 9.85. The van der Waals surface area contributed by atoms with E-state index in [0.717, 1.165) is 27.5 Å². The first-order valence-corrected chi connectivity index (χ1v) is 19.1. The summed E-state index contributed by atoms with van der Waals surface area (Å²) in [5.41, 5.74) is 6.56. The smallest absolute Gasteiger partial charge is 0.143 e. The molecule has 0 aliphatic heterocycles. The van der Waals surface area contributed by atoms with Gasteiger partial charge in [0.25, 0.3) is 0 Å². The number of hydrogen-bond acceptors (Lipinski definition) is 1. The predicted molar refractivity (Wildman–Crippen MR) is 236 cm³/mol. The van der Waals surface area contributed by atoms with Gasteiger partial charge in [-0.15, -0.1) is 0 Å². The largest absolute Gasteiger partial charge is 0.455 e. The summed E-state index contributed by atoms with van der Waals surface area (Å²) in [6.07, 6.45) is 0. The molecule has 0 bridgehead atoms. The highest BCUT2D eigenvalue weighted by molar-refractivity contribution is 6.29. The molecule has 0 amide bonds. The zero-order valence-electron chi connectivity index (χ0n) is 29.7. The lowest BCUT2D eigenvalue weighted by molar-refractivity contribution is 0.670. The van der Waals surface area contributed by atoms with E-state index in [1.54, 1.807) is 0 Å². The molecular formula is C54H30O. The molecule has 0 spiro atoms. The first kappa shape index (κ1) is 29.3. The van der Waals surface area contributed by atoms with Crippen LogP contribution in [0.15, 0.2) is 186 Å². The van der Waals surface area contributed by atoms with E-state index >= 15 is 0 Å². The van der Waals surface area contributed by atoms with Gasteiger partial charge in [-0.2, -0.15) is 0 Å². The highest BCUT2D eigenvalue weighted by Gasteiger charge is 2.22. The number of fused-ring (bicyclic) bond motifs is 10. The van der Waals surface area contributed by atoms with E-state index in [1.165, 1.54) is 103 Å². The molecule has 0 saturated carbocycles. The second-order valence-corrected chi connectivity index (χ2v) is 15.2. The standard InChI is InChI=1S/C54H30O/c1-2-11-37-30-49-46(26-36(37)10-1)48-29-39(28-47(54(48)55-49)42-23-21-35-18-17-33-12-7-13-34-22-25-43(42)51(35)50(33)34)53-44-24-20-31-8-3-5-14-40(31)45(44)27-38-19-16-32-9-4-6-15-41(32)52(38)53/h1-30H. The fourth-order valence-corrected chi connectivity index (χ4v) is 9.82.